The zero-order valence-corrected chi connectivity index (χ0v) is 20.2. The Hall–Kier alpha value is -4.46. The second-order valence-corrected chi connectivity index (χ2v) is 8.25. The van der Waals surface area contributed by atoms with Crippen molar-refractivity contribution in [2.24, 2.45) is 0 Å². The van der Waals surface area contributed by atoms with Gasteiger partial charge < -0.3 is 28.4 Å². The molecule has 0 bridgehead atoms. The van der Waals surface area contributed by atoms with Crippen LogP contribution in [-0.2, 0) is 4.79 Å². The lowest BCUT2D eigenvalue weighted by molar-refractivity contribution is -0.135. The van der Waals surface area contributed by atoms with Crippen molar-refractivity contribution in [1.82, 2.24) is 0 Å². The standard InChI is InChI=1S/C28H24O8/c1-31-16-7-5-15(6-8-16)11-24-27(30)17-9-10-20-26(28(17)36-24)19(13-25(29)35-20)18-12-22(33-3)23(34-4)14-21(18)32-2/h5-12,14,19H,13H2,1-4H3/b24-11+/t19-/m0/s1. The van der Waals surface area contributed by atoms with E-state index in [1.807, 2.05) is 12.1 Å². The molecule has 0 N–H and O–H groups in total. The van der Waals surface area contributed by atoms with Gasteiger partial charge in [0.25, 0.3) is 0 Å². The average molecular weight is 488 g/mol. The van der Waals surface area contributed by atoms with Crippen LogP contribution in [0.25, 0.3) is 6.08 Å². The minimum Gasteiger partial charge on any atom is -0.497 e. The lowest BCUT2D eigenvalue weighted by Gasteiger charge is -2.28. The second-order valence-electron chi connectivity index (χ2n) is 8.25. The zero-order valence-electron chi connectivity index (χ0n) is 20.2. The Labute approximate surface area is 207 Å². The smallest absolute Gasteiger partial charge is 0.312 e. The van der Waals surface area contributed by atoms with Crippen LogP contribution in [0.4, 0.5) is 0 Å². The highest BCUT2D eigenvalue weighted by Gasteiger charge is 2.39. The number of allylic oxidation sites excluding steroid dienone is 1. The number of esters is 1. The second kappa shape index (κ2) is 9.30. The molecule has 0 fully saturated rings. The molecule has 0 saturated heterocycles. The lowest BCUT2D eigenvalue weighted by atomic mass is 9.84. The molecule has 0 spiro atoms. The predicted octanol–water partition coefficient (Wildman–Crippen LogP) is 4.78. The summed E-state index contributed by atoms with van der Waals surface area (Å²) in [6.45, 7) is 0. The fourth-order valence-corrected chi connectivity index (χ4v) is 4.55. The summed E-state index contributed by atoms with van der Waals surface area (Å²) in [7, 11) is 6.20. The van der Waals surface area contributed by atoms with E-state index in [0.29, 0.717) is 51.2 Å². The number of ketones is 1. The Bertz CT molecular complexity index is 1390. The third-order valence-corrected chi connectivity index (χ3v) is 6.30. The maximum absolute atomic E-state index is 13.2. The van der Waals surface area contributed by atoms with E-state index in [9.17, 15) is 9.59 Å². The number of carbonyl (C=O) groups excluding carboxylic acids is 2. The summed E-state index contributed by atoms with van der Waals surface area (Å²) in [6, 6.07) is 14.0. The molecule has 0 aromatic heterocycles. The molecular weight excluding hydrogens is 464 g/mol. The van der Waals surface area contributed by atoms with Gasteiger partial charge in [-0.2, -0.15) is 0 Å². The minimum atomic E-state index is -0.501. The number of carbonyl (C=O) groups is 2. The van der Waals surface area contributed by atoms with Crippen molar-refractivity contribution >= 4 is 17.8 Å². The topological polar surface area (TPSA) is 89.5 Å². The quantitative estimate of drug-likeness (QED) is 0.278. The Morgan fingerprint density at radius 1 is 0.806 bits per heavy atom. The van der Waals surface area contributed by atoms with E-state index in [0.717, 1.165) is 5.56 Å². The summed E-state index contributed by atoms with van der Waals surface area (Å²) in [5.74, 6) is 1.93. The first-order valence-corrected chi connectivity index (χ1v) is 11.2. The Kier molecular flexibility index (Phi) is 6.01. The summed E-state index contributed by atoms with van der Waals surface area (Å²) in [5.41, 5.74) is 2.47. The van der Waals surface area contributed by atoms with E-state index < -0.39 is 11.9 Å². The minimum absolute atomic E-state index is 0.0321. The van der Waals surface area contributed by atoms with Crippen LogP contribution in [0.5, 0.6) is 34.5 Å². The van der Waals surface area contributed by atoms with Gasteiger partial charge >= 0.3 is 5.97 Å². The van der Waals surface area contributed by atoms with E-state index >= 15 is 0 Å². The van der Waals surface area contributed by atoms with Crippen LogP contribution in [0.1, 0.15) is 39.4 Å². The SMILES string of the molecule is COc1ccc(/C=C2/Oc3c(ccc4c3[C@H](c3cc(OC)c(OC)cc3OC)CC(=O)O4)C2=O)cc1. The first kappa shape index (κ1) is 23.3. The highest BCUT2D eigenvalue weighted by Crippen LogP contribution is 2.51. The molecular formula is C28H24O8. The van der Waals surface area contributed by atoms with Crippen LogP contribution in [0.15, 0.2) is 54.3 Å². The number of Topliss-reactive ketones (excluding diaryl/α,β-unsaturated/α-hetero) is 1. The van der Waals surface area contributed by atoms with Gasteiger partial charge in [-0.15, -0.1) is 0 Å². The number of benzene rings is 3. The predicted molar refractivity (Wildman–Crippen MR) is 131 cm³/mol. The van der Waals surface area contributed by atoms with Crippen LogP contribution in [0, 0.1) is 0 Å². The fourth-order valence-electron chi connectivity index (χ4n) is 4.55. The number of fused-ring (bicyclic) bond motifs is 3. The third kappa shape index (κ3) is 3.90. The first-order valence-electron chi connectivity index (χ1n) is 11.2. The molecule has 2 aliphatic heterocycles. The number of hydrogen-bond donors (Lipinski definition) is 0. The van der Waals surface area contributed by atoms with Crippen molar-refractivity contribution in [2.45, 2.75) is 12.3 Å². The molecule has 0 saturated carbocycles. The fraction of sp³-hybridized carbons (Fsp3) is 0.214. The van der Waals surface area contributed by atoms with Gasteiger partial charge in [-0.1, -0.05) is 12.1 Å². The normalized spacial score (nSPS) is 17.1. The first-order chi connectivity index (χ1) is 17.5. The molecule has 0 unspecified atom stereocenters. The highest BCUT2D eigenvalue weighted by molar-refractivity contribution is 6.15. The van der Waals surface area contributed by atoms with Crippen molar-refractivity contribution in [3.63, 3.8) is 0 Å². The molecule has 5 rings (SSSR count). The lowest BCUT2D eigenvalue weighted by Crippen LogP contribution is -2.22. The van der Waals surface area contributed by atoms with Crippen LogP contribution in [-0.4, -0.2) is 40.2 Å². The molecule has 184 valence electrons. The van der Waals surface area contributed by atoms with Crippen LogP contribution in [0.3, 0.4) is 0 Å². The van der Waals surface area contributed by atoms with Gasteiger partial charge in [-0.05, 0) is 42.0 Å². The highest BCUT2D eigenvalue weighted by atomic mass is 16.5. The van der Waals surface area contributed by atoms with Gasteiger partial charge in [0.05, 0.1) is 40.4 Å². The van der Waals surface area contributed by atoms with Crippen LogP contribution < -0.4 is 28.4 Å². The van der Waals surface area contributed by atoms with Crippen LogP contribution >= 0.6 is 0 Å². The van der Waals surface area contributed by atoms with E-state index in [4.69, 9.17) is 28.4 Å². The maximum Gasteiger partial charge on any atom is 0.312 e. The van der Waals surface area contributed by atoms with Gasteiger partial charge in [0.15, 0.2) is 17.3 Å². The van der Waals surface area contributed by atoms with E-state index in [1.54, 1.807) is 49.6 Å². The van der Waals surface area contributed by atoms with Gasteiger partial charge in [-0.25, -0.2) is 0 Å². The molecule has 8 nitrogen and oxygen atoms in total. The monoisotopic (exact) mass is 488 g/mol. The number of rotatable bonds is 6. The molecule has 2 heterocycles. The summed E-state index contributed by atoms with van der Waals surface area (Å²) in [5, 5.41) is 0. The number of methoxy groups -OCH3 is 4. The van der Waals surface area contributed by atoms with Crippen molar-refractivity contribution in [3.05, 3.63) is 76.5 Å². The molecule has 0 aliphatic carbocycles. The van der Waals surface area contributed by atoms with Gasteiger partial charge in [0.2, 0.25) is 5.78 Å². The summed E-state index contributed by atoms with van der Waals surface area (Å²) in [4.78, 5) is 25.8. The van der Waals surface area contributed by atoms with Gasteiger partial charge in [-0.3, -0.25) is 9.59 Å². The maximum atomic E-state index is 13.2. The van der Waals surface area contributed by atoms with Gasteiger partial charge in [0, 0.05) is 23.1 Å². The molecule has 2 aliphatic rings. The Morgan fingerprint density at radius 3 is 2.17 bits per heavy atom. The molecule has 1 atom stereocenters. The molecule has 8 heteroatoms. The van der Waals surface area contributed by atoms with Crippen molar-refractivity contribution < 1.29 is 38.0 Å². The molecule has 0 radical (unpaired) electrons. The number of ether oxygens (including phenoxy) is 6. The Balaban J connectivity index is 1.62. The molecule has 3 aromatic carbocycles. The van der Waals surface area contributed by atoms with E-state index in [2.05, 4.69) is 0 Å². The Morgan fingerprint density at radius 2 is 1.50 bits per heavy atom. The number of hydrogen-bond acceptors (Lipinski definition) is 8. The van der Waals surface area contributed by atoms with Crippen molar-refractivity contribution in [3.8, 4) is 34.5 Å². The van der Waals surface area contributed by atoms with Crippen LogP contribution in [0.2, 0.25) is 0 Å². The van der Waals surface area contributed by atoms with Gasteiger partial charge in [0.1, 0.15) is 23.0 Å². The van der Waals surface area contributed by atoms with E-state index in [-0.39, 0.29) is 18.0 Å². The third-order valence-electron chi connectivity index (χ3n) is 6.30. The largest absolute Gasteiger partial charge is 0.497 e. The molecule has 36 heavy (non-hydrogen) atoms. The summed E-state index contributed by atoms with van der Waals surface area (Å²) in [6.07, 6.45) is 1.71. The van der Waals surface area contributed by atoms with Crippen molar-refractivity contribution in [2.75, 3.05) is 28.4 Å². The summed E-state index contributed by atoms with van der Waals surface area (Å²) < 4.78 is 33.4. The summed E-state index contributed by atoms with van der Waals surface area (Å²) >= 11 is 0. The van der Waals surface area contributed by atoms with Crippen molar-refractivity contribution in [1.29, 1.82) is 0 Å². The zero-order chi connectivity index (χ0) is 25.4. The molecule has 0 amide bonds. The van der Waals surface area contributed by atoms with E-state index in [1.165, 1.54) is 21.3 Å². The average Bonchev–Trinajstić information content (AvgIpc) is 3.22. The molecule has 3 aromatic rings.